The minimum atomic E-state index is 0.132. The van der Waals surface area contributed by atoms with E-state index in [-0.39, 0.29) is 14.5 Å². The van der Waals surface area contributed by atoms with Gasteiger partial charge >= 0.3 is 297 Å². The zero-order valence-corrected chi connectivity index (χ0v) is 29.2. The molecule has 0 fully saturated rings. The third-order valence-electron chi connectivity index (χ3n) is 9.66. The zero-order valence-electron chi connectivity index (χ0n) is 27.5. The maximum atomic E-state index is 6.28. The van der Waals surface area contributed by atoms with Crippen LogP contribution < -0.4 is 4.90 Å². The normalized spacial score (nSPS) is 11.5. The predicted molar refractivity (Wildman–Crippen MR) is 214 cm³/mol. The molecule has 0 aliphatic rings. The number of benzene rings is 8. The Bertz CT molecular complexity index is 2850. The van der Waals surface area contributed by atoms with Crippen molar-refractivity contribution in [2.45, 2.75) is 0 Å². The fourth-order valence-electron chi connectivity index (χ4n) is 7.21. The minimum absolute atomic E-state index is 0.132. The van der Waals surface area contributed by atoms with Crippen LogP contribution in [-0.2, 0) is 0 Å². The molecule has 2 aromatic heterocycles. The van der Waals surface area contributed by atoms with Gasteiger partial charge in [0.2, 0.25) is 0 Å². The third-order valence-corrected chi connectivity index (χ3v) is 12.0. The molecular weight excluding hydrogens is 687 g/mol. The molecule has 0 atom stereocenters. The standard InChI is InChI=1S/C47H30N2OSe/c1-2-11-31(12-3-1)34-15-8-17-37(28-34)49(38-18-9-16-35(29-38)36-24-23-32-13-4-5-14-33(32)27-36)39-25-26-40-45(30-39)51-44-22-10-19-41(46(40)44)47-48-42-20-6-7-21-43(42)50-47/h1-30H. The maximum absolute atomic E-state index is 6.28. The molecular formula is C47H30N2OSe. The van der Waals surface area contributed by atoms with Gasteiger partial charge in [0.15, 0.2) is 0 Å². The second kappa shape index (κ2) is 12.3. The number of fused-ring (bicyclic) bond motifs is 5. The molecule has 0 radical (unpaired) electrons. The van der Waals surface area contributed by atoms with Gasteiger partial charge in [-0.05, 0) is 0 Å². The summed E-state index contributed by atoms with van der Waals surface area (Å²) in [7, 11) is 0. The fraction of sp³-hybridized carbons (Fsp3) is 0. The summed E-state index contributed by atoms with van der Waals surface area (Å²) < 4.78 is 8.99. The Morgan fingerprint density at radius 3 is 1.94 bits per heavy atom. The summed E-state index contributed by atoms with van der Waals surface area (Å²) in [6, 6.07) is 65.2. The molecule has 0 bridgehead atoms. The Hall–Kier alpha value is -6.19. The summed E-state index contributed by atoms with van der Waals surface area (Å²) in [5.41, 5.74) is 10.9. The van der Waals surface area contributed by atoms with Crippen molar-refractivity contribution in [2.24, 2.45) is 0 Å². The number of hydrogen-bond donors (Lipinski definition) is 0. The van der Waals surface area contributed by atoms with Crippen LogP contribution in [0.25, 0.3) is 74.9 Å². The first-order chi connectivity index (χ1) is 25.2. The molecule has 3 nitrogen and oxygen atoms in total. The fourth-order valence-corrected chi connectivity index (χ4v) is 9.66. The first-order valence-electron chi connectivity index (χ1n) is 17.1. The Morgan fingerprint density at radius 2 is 1.12 bits per heavy atom. The van der Waals surface area contributed by atoms with Gasteiger partial charge in [-0.2, -0.15) is 0 Å². The molecule has 10 rings (SSSR count). The summed E-state index contributed by atoms with van der Waals surface area (Å²) in [5.74, 6) is 0.672. The molecule has 51 heavy (non-hydrogen) atoms. The van der Waals surface area contributed by atoms with Crippen molar-refractivity contribution in [3.05, 3.63) is 182 Å². The molecule has 0 N–H and O–H groups in total. The number of hydrogen-bond acceptors (Lipinski definition) is 3. The van der Waals surface area contributed by atoms with E-state index in [1.807, 2.05) is 24.3 Å². The number of anilines is 3. The summed E-state index contributed by atoms with van der Waals surface area (Å²) >= 11 is 0.132. The van der Waals surface area contributed by atoms with Crippen LogP contribution in [0.4, 0.5) is 17.1 Å². The van der Waals surface area contributed by atoms with E-state index in [0.29, 0.717) is 5.89 Å². The van der Waals surface area contributed by atoms with E-state index in [2.05, 4.69) is 163 Å². The number of nitrogens with zero attached hydrogens (tertiary/aromatic N) is 2. The third kappa shape index (κ3) is 5.34. The summed E-state index contributed by atoms with van der Waals surface area (Å²) in [6.07, 6.45) is 0. The van der Waals surface area contributed by atoms with Crippen LogP contribution in [0.5, 0.6) is 0 Å². The number of para-hydroxylation sites is 2. The topological polar surface area (TPSA) is 29.3 Å². The van der Waals surface area contributed by atoms with Gasteiger partial charge in [0.25, 0.3) is 0 Å². The van der Waals surface area contributed by atoms with Gasteiger partial charge in [0.1, 0.15) is 0 Å². The van der Waals surface area contributed by atoms with E-state index in [4.69, 9.17) is 9.40 Å². The van der Waals surface area contributed by atoms with E-state index in [1.165, 1.54) is 52.3 Å². The van der Waals surface area contributed by atoms with Gasteiger partial charge < -0.3 is 0 Å². The van der Waals surface area contributed by atoms with Crippen LogP contribution in [0.3, 0.4) is 0 Å². The zero-order chi connectivity index (χ0) is 33.7. The predicted octanol–water partition coefficient (Wildman–Crippen LogP) is 12.8. The van der Waals surface area contributed by atoms with Crippen molar-refractivity contribution in [3.63, 3.8) is 0 Å². The van der Waals surface area contributed by atoms with Crippen LogP contribution >= 0.6 is 0 Å². The van der Waals surface area contributed by atoms with Crippen molar-refractivity contribution in [2.75, 3.05) is 4.90 Å². The molecule has 0 unspecified atom stereocenters. The first kappa shape index (κ1) is 29.7. The van der Waals surface area contributed by atoms with Crippen molar-refractivity contribution < 1.29 is 4.42 Å². The molecule has 10 aromatic rings. The van der Waals surface area contributed by atoms with E-state index in [1.54, 1.807) is 0 Å². The van der Waals surface area contributed by atoms with Crippen molar-refractivity contribution >= 4 is 72.7 Å². The summed E-state index contributed by atoms with van der Waals surface area (Å²) in [6.45, 7) is 0. The number of rotatable bonds is 6. The van der Waals surface area contributed by atoms with Crippen molar-refractivity contribution in [1.29, 1.82) is 0 Å². The Morgan fingerprint density at radius 1 is 0.451 bits per heavy atom. The number of aromatic nitrogens is 1. The average Bonchev–Trinajstić information content (AvgIpc) is 3.80. The van der Waals surface area contributed by atoms with Crippen LogP contribution in [0.15, 0.2) is 186 Å². The van der Waals surface area contributed by atoms with E-state index >= 15 is 0 Å². The monoisotopic (exact) mass is 718 g/mol. The quantitative estimate of drug-likeness (QED) is 0.160. The molecule has 0 saturated carbocycles. The molecule has 0 saturated heterocycles. The van der Waals surface area contributed by atoms with E-state index < -0.39 is 0 Å². The van der Waals surface area contributed by atoms with Crippen LogP contribution in [-0.4, -0.2) is 19.5 Å². The van der Waals surface area contributed by atoms with E-state index in [0.717, 1.165) is 33.7 Å². The van der Waals surface area contributed by atoms with Crippen molar-refractivity contribution in [1.82, 2.24) is 4.98 Å². The summed E-state index contributed by atoms with van der Waals surface area (Å²) in [4.78, 5) is 7.27. The van der Waals surface area contributed by atoms with Gasteiger partial charge in [-0.3, -0.25) is 0 Å². The SMILES string of the molecule is c1ccc(-c2cccc(N(c3cccc(-c4ccc5ccccc5c4)c3)c3ccc4c(c3)[se]c3cccc(-c5nc6ccccc6o5)c34)c2)cc1. The molecule has 240 valence electrons. The van der Waals surface area contributed by atoms with E-state index in [9.17, 15) is 0 Å². The van der Waals surface area contributed by atoms with Gasteiger partial charge in [-0.15, -0.1) is 0 Å². The number of oxazole rings is 1. The molecule has 2 heterocycles. The van der Waals surface area contributed by atoms with Gasteiger partial charge in [-0.1, -0.05) is 6.07 Å². The molecule has 4 heteroatoms. The second-order valence-electron chi connectivity index (χ2n) is 12.8. The van der Waals surface area contributed by atoms with Crippen molar-refractivity contribution in [3.8, 4) is 33.7 Å². The molecule has 0 aliphatic carbocycles. The first-order valence-corrected chi connectivity index (χ1v) is 18.8. The Balaban J connectivity index is 1.14. The average molecular weight is 718 g/mol. The van der Waals surface area contributed by atoms with Gasteiger partial charge in [0.05, 0.1) is 0 Å². The van der Waals surface area contributed by atoms with Crippen LogP contribution in [0.1, 0.15) is 0 Å². The van der Waals surface area contributed by atoms with Crippen LogP contribution in [0, 0.1) is 0 Å². The molecule has 0 aliphatic heterocycles. The molecule has 8 aromatic carbocycles. The van der Waals surface area contributed by atoms with Crippen LogP contribution in [0.2, 0.25) is 0 Å². The van der Waals surface area contributed by atoms with Gasteiger partial charge in [0, 0.05) is 0 Å². The Labute approximate surface area is 301 Å². The Kier molecular flexibility index (Phi) is 7.16. The summed E-state index contributed by atoms with van der Waals surface area (Å²) in [5, 5.41) is 4.98. The molecule has 0 spiro atoms. The second-order valence-corrected chi connectivity index (χ2v) is 15.1. The van der Waals surface area contributed by atoms with Gasteiger partial charge in [-0.25, -0.2) is 0 Å². The molecule has 0 amide bonds.